The zero-order valence-electron chi connectivity index (χ0n) is 12.3. The molecule has 1 saturated heterocycles. The molecule has 0 bridgehead atoms. The van der Waals surface area contributed by atoms with Crippen LogP contribution < -0.4 is 10.6 Å². The molecule has 0 aromatic rings. The predicted molar refractivity (Wildman–Crippen MR) is 74.3 cm³/mol. The third kappa shape index (κ3) is 2.56. The predicted octanol–water partition coefficient (Wildman–Crippen LogP) is 2.17. The van der Waals surface area contributed by atoms with Crippen LogP contribution in [0.4, 0.5) is 0 Å². The lowest BCUT2D eigenvalue weighted by atomic mass is 9.96. The number of nitrogens with one attached hydrogen (secondary N) is 2. The van der Waals surface area contributed by atoms with Gasteiger partial charge in [-0.15, -0.1) is 0 Å². The molecule has 1 atom stereocenters. The molecule has 3 nitrogen and oxygen atoms in total. The van der Waals surface area contributed by atoms with Crippen LogP contribution in [0.3, 0.4) is 0 Å². The lowest BCUT2D eigenvalue weighted by Gasteiger charge is -2.22. The molecular formula is C15H28N2O. The minimum absolute atomic E-state index is 0.238. The largest absolute Gasteiger partial charge is 0.356 e. The maximum Gasteiger partial charge on any atom is 0.220 e. The van der Waals surface area contributed by atoms with E-state index in [-0.39, 0.29) is 5.91 Å². The molecule has 2 aliphatic rings. The smallest absolute Gasteiger partial charge is 0.220 e. The van der Waals surface area contributed by atoms with E-state index in [1.165, 1.54) is 12.8 Å². The summed E-state index contributed by atoms with van der Waals surface area (Å²) in [5, 5.41) is 6.50. The first kappa shape index (κ1) is 13.9. The number of rotatable bonds is 4. The van der Waals surface area contributed by atoms with Crippen LogP contribution in [-0.2, 0) is 4.79 Å². The fourth-order valence-electron chi connectivity index (χ4n) is 3.49. The summed E-state index contributed by atoms with van der Waals surface area (Å²) in [5.74, 6) is 1.40. The van der Waals surface area contributed by atoms with Crippen molar-refractivity contribution in [3.63, 3.8) is 0 Å². The molecule has 1 aliphatic carbocycles. The Labute approximate surface area is 111 Å². The maximum atomic E-state index is 11.9. The van der Waals surface area contributed by atoms with Gasteiger partial charge in [-0.2, -0.15) is 0 Å². The SMILES string of the molecule is CC1(C)C(CNC(=O)CC2CCCNC2)C1(C)C. The second-order valence-electron chi connectivity index (χ2n) is 7.22. The van der Waals surface area contributed by atoms with Crippen LogP contribution in [0.5, 0.6) is 0 Å². The number of carbonyl (C=O) groups excluding carboxylic acids is 1. The van der Waals surface area contributed by atoms with Gasteiger partial charge in [0.15, 0.2) is 0 Å². The summed E-state index contributed by atoms with van der Waals surface area (Å²) in [4.78, 5) is 11.9. The van der Waals surface area contributed by atoms with Crippen molar-refractivity contribution >= 4 is 5.91 Å². The summed E-state index contributed by atoms with van der Waals surface area (Å²) in [5.41, 5.74) is 0.735. The summed E-state index contributed by atoms with van der Waals surface area (Å²) >= 11 is 0. The van der Waals surface area contributed by atoms with Gasteiger partial charge in [0.05, 0.1) is 0 Å². The standard InChI is InChI=1S/C15H28N2O/c1-14(2)12(15(14,3)4)10-17-13(18)8-11-6-5-7-16-9-11/h11-12,16H,5-10H2,1-4H3,(H,17,18). The van der Waals surface area contributed by atoms with Crippen LogP contribution in [0.1, 0.15) is 47.0 Å². The van der Waals surface area contributed by atoms with Crippen LogP contribution in [0.15, 0.2) is 0 Å². The van der Waals surface area contributed by atoms with Crippen LogP contribution in [0.25, 0.3) is 0 Å². The minimum atomic E-state index is 0.238. The normalized spacial score (nSPS) is 29.9. The average molecular weight is 252 g/mol. The first-order chi connectivity index (χ1) is 8.35. The van der Waals surface area contributed by atoms with E-state index in [1.54, 1.807) is 0 Å². The van der Waals surface area contributed by atoms with Gasteiger partial charge in [-0.3, -0.25) is 4.79 Å². The average Bonchev–Trinajstić information content (AvgIpc) is 2.68. The van der Waals surface area contributed by atoms with Gasteiger partial charge in [0.2, 0.25) is 5.91 Å². The third-order valence-electron chi connectivity index (χ3n) is 5.70. The maximum absolute atomic E-state index is 11.9. The van der Waals surface area contributed by atoms with Crippen molar-refractivity contribution in [2.45, 2.75) is 47.0 Å². The highest BCUT2D eigenvalue weighted by atomic mass is 16.1. The molecule has 18 heavy (non-hydrogen) atoms. The third-order valence-corrected chi connectivity index (χ3v) is 5.70. The Morgan fingerprint density at radius 1 is 1.28 bits per heavy atom. The number of carbonyl (C=O) groups is 1. The molecule has 1 saturated carbocycles. The van der Waals surface area contributed by atoms with Crippen molar-refractivity contribution in [1.29, 1.82) is 0 Å². The summed E-state index contributed by atoms with van der Waals surface area (Å²) < 4.78 is 0. The molecule has 0 aromatic carbocycles. The molecule has 1 unspecified atom stereocenters. The van der Waals surface area contributed by atoms with Gasteiger partial charge < -0.3 is 10.6 Å². The highest BCUT2D eigenvalue weighted by molar-refractivity contribution is 5.76. The Morgan fingerprint density at radius 3 is 2.44 bits per heavy atom. The second-order valence-corrected chi connectivity index (χ2v) is 7.22. The fourth-order valence-corrected chi connectivity index (χ4v) is 3.49. The molecule has 2 N–H and O–H groups in total. The fraction of sp³-hybridized carbons (Fsp3) is 0.933. The second kappa shape index (κ2) is 4.84. The van der Waals surface area contributed by atoms with Gasteiger partial charge in [0, 0.05) is 13.0 Å². The van der Waals surface area contributed by atoms with Gasteiger partial charge in [0.25, 0.3) is 0 Å². The van der Waals surface area contributed by atoms with E-state index in [4.69, 9.17) is 0 Å². The molecule has 2 rings (SSSR count). The van der Waals surface area contributed by atoms with Crippen molar-refractivity contribution in [2.24, 2.45) is 22.7 Å². The summed E-state index contributed by atoms with van der Waals surface area (Å²) in [6.07, 6.45) is 3.10. The first-order valence-electron chi connectivity index (χ1n) is 7.33. The summed E-state index contributed by atoms with van der Waals surface area (Å²) in [6, 6.07) is 0. The topological polar surface area (TPSA) is 41.1 Å². The zero-order chi connectivity index (χ0) is 13.4. The Balaban J connectivity index is 1.70. The molecule has 104 valence electrons. The molecule has 1 heterocycles. The van der Waals surface area contributed by atoms with E-state index in [0.717, 1.165) is 19.6 Å². The van der Waals surface area contributed by atoms with Gasteiger partial charge in [0.1, 0.15) is 0 Å². The van der Waals surface area contributed by atoms with Crippen LogP contribution >= 0.6 is 0 Å². The monoisotopic (exact) mass is 252 g/mol. The van der Waals surface area contributed by atoms with E-state index in [0.29, 0.717) is 29.1 Å². The van der Waals surface area contributed by atoms with Crippen molar-refractivity contribution in [2.75, 3.05) is 19.6 Å². The van der Waals surface area contributed by atoms with E-state index < -0.39 is 0 Å². The van der Waals surface area contributed by atoms with Gasteiger partial charge in [-0.1, -0.05) is 27.7 Å². The Morgan fingerprint density at radius 2 is 1.94 bits per heavy atom. The van der Waals surface area contributed by atoms with Crippen molar-refractivity contribution < 1.29 is 4.79 Å². The zero-order valence-corrected chi connectivity index (χ0v) is 12.3. The van der Waals surface area contributed by atoms with Crippen molar-refractivity contribution in [3.05, 3.63) is 0 Å². The van der Waals surface area contributed by atoms with Gasteiger partial charge in [-0.25, -0.2) is 0 Å². The Kier molecular flexibility index (Phi) is 3.72. The van der Waals surface area contributed by atoms with E-state index >= 15 is 0 Å². The summed E-state index contributed by atoms with van der Waals surface area (Å²) in [6.45, 7) is 12.2. The molecule has 1 amide bonds. The first-order valence-corrected chi connectivity index (χ1v) is 7.33. The Bertz CT molecular complexity index is 302. The minimum Gasteiger partial charge on any atom is -0.356 e. The highest BCUT2D eigenvalue weighted by Crippen LogP contribution is 2.67. The molecule has 0 aromatic heterocycles. The van der Waals surface area contributed by atoms with Crippen molar-refractivity contribution in [3.8, 4) is 0 Å². The molecule has 1 aliphatic heterocycles. The van der Waals surface area contributed by atoms with E-state index in [9.17, 15) is 4.79 Å². The molecule has 0 radical (unpaired) electrons. The highest BCUT2D eigenvalue weighted by Gasteiger charge is 2.64. The number of piperidine rings is 1. The summed E-state index contributed by atoms with van der Waals surface area (Å²) in [7, 11) is 0. The lowest BCUT2D eigenvalue weighted by Crippen LogP contribution is -2.35. The van der Waals surface area contributed by atoms with E-state index in [1.807, 2.05) is 0 Å². The quantitative estimate of drug-likeness (QED) is 0.805. The molecule has 3 heteroatoms. The number of hydrogen-bond acceptors (Lipinski definition) is 2. The number of hydrogen-bond donors (Lipinski definition) is 2. The lowest BCUT2D eigenvalue weighted by molar-refractivity contribution is -0.122. The molecular weight excluding hydrogens is 224 g/mol. The molecule has 2 fully saturated rings. The Hall–Kier alpha value is -0.570. The van der Waals surface area contributed by atoms with Gasteiger partial charge >= 0.3 is 0 Å². The number of amides is 1. The van der Waals surface area contributed by atoms with Gasteiger partial charge in [-0.05, 0) is 48.6 Å². The van der Waals surface area contributed by atoms with E-state index in [2.05, 4.69) is 38.3 Å². The van der Waals surface area contributed by atoms with Crippen LogP contribution in [-0.4, -0.2) is 25.5 Å². The van der Waals surface area contributed by atoms with Crippen LogP contribution in [0.2, 0.25) is 0 Å². The van der Waals surface area contributed by atoms with Crippen LogP contribution in [0, 0.1) is 22.7 Å². The van der Waals surface area contributed by atoms with Crippen molar-refractivity contribution in [1.82, 2.24) is 10.6 Å². The molecule has 0 spiro atoms.